The first-order valence-corrected chi connectivity index (χ1v) is 4.54. The van der Waals surface area contributed by atoms with E-state index in [-0.39, 0.29) is 0 Å². The van der Waals surface area contributed by atoms with Crippen molar-refractivity contribution >= 4 is 12.3 Å². The summed E-state index contributed by atoms with van der Waals surface area (Å²) in [4.78, 5) is 21.1. The highest BCUT2D eigenvalue weighted by molar-refractivity contribution is 5.92. The fourth-order valence-corrected chi connectivity index (χ4v) is 0.824. The normalized spacial score (nSPS) is 11.2. The van der Waals surface area contributed by atoms with Crippen LogP contribution in [0.1, 0.15) is 13.3 Å². The summed E-state index contributed by atoms with van der Waals surface area (Å²) in [6, 6.07) is 1.94. The molecule has 0 fully saturated rings. The highest BCUT2D eigenvalue weighted by Crippen LogP contribution is 2.00. The average molecular weight is 219 g/mol. The molecule has 0 bridgehead atoms. The Morgan fingerprint density at radius 2 is 2.19 bits per heavy atom. The number of hydrogen-bond acceptors (Lipinski definition) is 3. The molecule has 0 aliphatic heterocycles. The predicted molar refractivity (Wildman–Crippen MR) is 59.6 cm³/mol. The van der Waals surface area contributed by atoms with Gasteiger partial charge in [0.2, 0.25) is 6.41 Å². The largest absolute Gasteiger partial charge is 0.277 e. The van der Waals surface area contributed by atoms with E-state index in [9.17, 15) is 9.59 Å². The van der Waals surface area contributed by atoms with Crippen molar-refractivity contribution in [2.24, 2.45) is 0 Å². The van der Waals surface area contributed by atoms with Gasteiger partial charge in [-0.15, -0.1) is 0 Å². The van der Waals surface area contributed by atoms with Crippen molar-refractivity contribution < 1.29 is 9.59 Å². The number of hydrogen-bond donors (Lipinski definition) is 2. The van der Waals surface area contributed by atoms with Crippen LogP contribution in [-0.2, 0) is 9.59 Å². The maximum Gasteiger partial charge on any atom is 0.265 e. The van der Waals surface area contributed by atoms with E-state index < -0.39 is 5.91 Å². The molecule has 0 atom stereocenters. The molecule has 0 spiro atoms. The third-order valence-electron chi connectivity index (χ3n) is 1.71. The molecule has 0 heterocycles. The second-order valence-electron chi connectivity index (χ2n) is 2.81. The van der Waals surface area contributed by atoms with Gasteiger partial charge in [-0.2, -0.15) is 5.26 Å². The Kier molecular flexibility index (Phi) is 6.82. The minimum Gasteiger partial charge on any atom is -0.277 e. The third-order valence-corrected chi connectivity index (χ3v) is 1.71. The summed E-state index contributed by atoms with van der Waals surface area (Å²) in [5.41, 5.74) is 5.12. The van der Waals surface area contributed by atoms with Crippen LogP contribution in [0.3, 0.4) is 0 Å². The van der Waals surface area contributed by atoms with Crippen LogP contribution < -0.4 is 10.9 Å². The van der Waals surface area contributed by atoms with Gasteiger partial charge in [-0.1, -0.05) is 24.8 Å². The Morgan fingerprint density at radius 1 is 1.50 bits per heavy atom. The summed E-state index contributed by atoms with van der Waals surface area (Å²) in [5.74, 6) is -0.391. The first kappa shape index (κ1) is 13.7. The van der Waals surface area contributed by atoms with E-state index in [2.05, 4.69) is 12.0 Å². The van der Waals surface area contributed by atoms with Crippen molar-refractivity contribution in [2.75, 3.05) is 0 Å². The lowest BCUT2D eigenvalue weighted by Gasteiger charge is -2.01. The summed E-state index contributed by atoms with van der Waals surface area (Å²) in [5, 5.41) is 8.58. The smallest absolute Gasteiger partial charge is 0.265 e. The van der Waals surface area contributed by atoms with Gasteiger partial charge in [-0.25, -0.2) is 0 Å². The van der Waals surface area contributed by atoms with E-state index in [1.54, 1.807) is 19.1 Å². The zero-order chi connectivity index (χ0) is 12.4. The van der Waals surface area contributed by atoms with E-state index in [0.717, 1.165) is 0 Å². The fourth-order valence-electron chi connectivity index (χ4n) is 0.824. The van der Waals surface area contributed by atoms with Crippen LogP contribution >= 0.6 is 0 Å². The third kappa shape index (κ3) is 5.40. The lowest BCUT2D eigenvalue weighted by Crippen LogP contribution is -2.36. The Labute approximate surface area is 94.1 Å². The van der Waals surface area contributed by atoms with Gasteiger partial charge in [0.25, 0.3) is 5.91 Å². The second-order valence-corrected chi connectivity index (χ2v) is 2.81. The number of rotatable bonds is 6. The number of allylic oxidation sites excluding steroid dienone is 4. The van der Waals surface area contributed by atoms with Gasteiger partial charge >= 0.3 is 0 Å². The molecular weight excluding hydrogens is 206 g/mol. The topological polar surface area (TPSA) is 82.0 Å². The van der Waals surface area contributed by atoms with Gasteiger partial charge in [0.15, 0.2) is 0 Å². The van der Waals surface area contributed by atoms with E-state index in [1.807, 2.05) is 11.5 Å². The molecule has 0 aliphatic carbocycles. The van der Waals surface area contributed by atoms with Crippen molar-refractivity contribution in [1.82, 2.24) is 10.9 Å². The minimum absolute atomic E-state index is 0.372. The van der Waals surface area contributed by atoms with Crippen LogP contribution in [0, 0.1) is 11.3 Å². The van der Waals surface area contributed by atoms with Gasteiger partial charge < -0.3 is 0 Å². The minimum atomic E-state index is -0.391. The quantitative estimate of drug-likeness (QED) is 0.227. The highest BCUT2D eigenvalue weighted by Gasteiger charge is 2.00. The van der Waals surface area contributed by atoms with Gasteiger partial charge in [0.1, 0.15) is 0 Å². The summed E-state index contributed by atoms with van der Waals surface area (Å²) < 4.78 is 0. The number of amides is 2. The molecule has 0 aliphatic rings. The molecule has 0 aromatic rings. The molecule has 84 valence electrons. The molecule has 2 amide bonds. The Bertz CT molecular complexity index is 375. The summed E-state index contributed by atoms with van der Waals surface area (Å²) >= 11 is 0. The van der Waals surface area contributed by atoms with Gasteiger partial charge in [0, 0.05) is 11.1 Å². The molecule has 2 N–H and O–H groups in total. The molecule has 16 heavy (non-hydrogen) atoms. The molecule has 0 saturated heterocycles. The summed E-state index contributed by atoms with van der Waals surface area (Å²) in [6.45, 7) is 5.07. The predicted octanol–water partition coefficient (Wildman–Crippen LogP) is 0.736. The fraction of sp³-hybridized carbons (Fsp3) is 0.182. The van der Waals surface area contributed by atoms with Crippen LogP contribution in [0.25, 0.3) is 0 Å². The number of nitrogens with one attached hydrogen (secondary N) is 2. The van der Waals surface area contributed by atoms with Crippen LogP contribution in [0.2, 0.25) is 0 Å². The molecule has 0 rings (SSSR count). The summed E-state index contributed by atoms with van der Waals surface area (Å²) in [6.07, 6.45) is 5.56. The number of hydrazine groups is 1. The van der Waals surface area contributed by atoms with Crippen molar-refractivity contribution in [3.05, 3.63) is 36.0 Å². The Hall–Kier alpha value is -2.35. The SMILES string of the molecule is C=C/C(C#N)=C\C/C=C(\C)C(=O)NNC=O. The molecule has 0 radical (unpaired) electrons. The molecule has 5 nitrogen and oxygen atoms in total. The lowest BCUT2D eigenvalue weighted by atomic mass is 10.2. The van der Waals surface area contributed by atoms with E-state index in [0.29, 0.717) is 24.0 Å². The Balaban J connectivity index is 4.29. The first-order chi connectivity index (χ1) is 7.65. The zero-order valence-electron chi connectivity index (χ0n) is 8.99. The number of carbonyl (C=O) groups is 2. The molecular formula is C11H13N3O2. The molecule has 0 unspecified atom stereocenters. The van der Waals surface area contributed by atoms with Crippen LogP contribution in [0.5, 0.6) is 0 Å². The molecule has 0 aromatic heterocycles. The highest BCUT2D eigenvalue weighted by atomic mass is 16.2. The summed E-state index contributed by atoms with van der Waals surface area (Å²) in [7, 11) is 0. The maximum atomic E-state index is 11.2. The van der Waals surface area contributed by atoms with Gasteiger partial charge in [-0.05, 0) is 13.3 Å². The van der Waals surface area contributed by atoms with E-state index >= 15 is 0 Å². The van der Waals surface area contributed by atoms with Crippen LogP contribution in [0.4, 0.5) is 0 Å². The lowest BCUT2D eigenvalue weighted by molar-refractivity contribution is -0.121. The molecule has 0 saturated carbocycles. The van der Waals surface area contributed by atoms with Crippen molar-refractivity contribution in [1.29, 1.82) is 5.26 Å². The van der Waals surface area contributed by atoms with E-state index in [4.69, 9.17) is 5.26 Å². The number of carbonyl (C=O) groups excluding carboxylic acids is 2. The monoisotopic (exact) mass is 219 g/mol. The van der Waals surface area contributed by atoms with Crippen LogP contribution in [0.15, 0.2) is 36.0 Å². The standard InChI is InChI=1S/C11H13N3O2/c1-3-10(7-12)6-4-5-9(2)11(16)14-13-8-15/h3,5-6,8H,1,4H2,2H3,(H,13,15)(H,14,16)/b9-5+,10-6+. The molecule has 0 aromatic carbocycles. The van der Waals surface area contributed by atoms with Crippen molar-refractivity contribution in [3.8, 4) is 6.07 Å². The average Bonchev–Trinajstić information content (AvgIpc) is 2.31. The zero-order valence-corrected chi connectivity index (χ0v) is 8.99. The van der Waals surface area contributed by atoms with Gasteiger partial charge in [-0.3, -0.25) is 20.4 Å². The van der Waals surface area contributed by atoms with Gasteiger partial charge in [0.05, 0.1) is 6.07 Å². The Morgan fingerprint density at radius 3 is 2.69 bits per heavy atom. The van der Waals surface area contributed by atoms with Crippen LogP contribution in [-0.4, -0.2) is 12.3 Å². The maximum absolute atomic E-state index is 11.2. The first-order valence-electron chi connectivity index (χ1n) is 4.54. The second kappa shape index (κ2) is 8.00. The van der Waals surface area contributed by atoms with Crippen molar-refractivity contribution in [2.45, 2.75) is 13.3 Å². The molecule has 5 heteroatoms. The number of nitriles is 1. The van der Waals surface area contributed by atoms with E-state index in [1.165, 1.54) is 6.08 Å². The number of nitrogens with zero attached hydrogens (tertiary/aromatic N) is 1. The van der Waals surface area contributed by atoms with Crippen molar-refractivity contribution in [3.63, 3.8) is 0 Å².